The predicted octanol–water partition coefficient (Wildman–Crippen LogP) is 3.92. The van der Waals surface area contributed by atoms with Crippen molar-refractivity contribution in [2.24, 2.45) is 0 Å². The number of rotatable bonds is 3. The van der Waals surface area contributed by atoms with Gasteiger partial charge in [0.1, 0.15) is 5.75 Å². The second-order valence-electron chi connectivity index (χ2n) is 4.36. The number of ether oxygens (including phenoxy) is 1. The van der Waals surface area contributed by atoms with Gasteiger partial charge in [-0.15, -0.1) is 0 Å². The molecule has 0 saturated carbocycles. The lowest BCUT2D eigenvalue weighted by Crippen LogP contribution is -2.05. The molecule has 0 aliphatic rings. The number of hydrogen-bond acceptors (Lipinski definition) is 2. The summed E-state index contributed by atoms with van der Waals surface area (Å²) in [6, 6.07) is 15.3. The number of carbonyl (C=O) groups excluding carboxylic acids is 1. The Balaban J connectivity index is 2.06. The summed E-state index contributed by atoms with van der Waals surface area (Å²) >= 11 is 0. The van der Waals surface area contributed by atoms with E-state index in [2.05, 4.69) is 0 Å². The zero-order valence-corrected chi connectivity index (χ0v) is 11.1. The Morgan fingerprint density at radius 3 is 2.47 bits per heavy atom. The largest absolute Gasteiger partial charge is 0.423 e. The third kappa shape index (κ3) is 3.55. The highest BCUT2D eigenvalue weighted by Gasteiger charge is 2.05. The first-order valence-electron chi connectivity index (χ1n) is 6.18. The Kier molecular flexibility index (Phi) is 4.14. The number of hydrogen-bond donors (Lipinski definition) is 0. The van der Waals surface area contributed by atoms with E-state index in [0.717, 1.165) is 16.7 Å². The molecule has 2 nitrogen and oxygen atoms in total. The van der Waals surface area contributed by atoms with Crippen molar-refractivity contribution < 1.29 is 9.53 Å². The lowest BCUT2D eigenvalue weighted by Gasteiger charge is -2.07. The van der Waals surface area contributed by atoms with Crippen molar-refractivity contribution in [3.8, 4) is 5.75 Å². The SMILES string of the molecule is Cc1cccc(OC(=O)C=Cc2ccccc2)c1C. The monoisotopic (exact) mass is 252 g/mol. The van der Waals surface area contributed by atoms with E-state index in [1.165, 1.54) is 6.08 Å². The predicted molar refractivity (Wildman–Crippen MR) is 77.0 cm³/mol. The first kappa shape index (κ1) is 13.1. The minimum absolute atomic E-state index is 0.363. The molecule has 96 valence electrons. The van der Waals surface area contributed by atoms with Crippen LogP contribution in [-0.2, 0) is 4.79 Å². The highest BCUT2D eigenvalue weighted by Crippen LogP contribution is 2.20. The van der Waals surface area contributed by atoms with Crippen LogP contribution in [0.3, 0.4) is 0 Å². The lowest BCUT2D eigenvalue weighted by molar-refractivity contribution is -0.128. The van der Waals surface area contributed by atoms with Gasteiger partial charge in [-0.3, -0.25) is 0 Å². The highest BCUT2D eigenvalue weighted by atomic mass is 16.5. The van der Waals surface area contributed by atoms with Crippen molar-refractivity contribution in [2.45, 2.75) is 13.8 Å². The van der Waals surface area contributed by atoms with Gasteiger partial charge in [0.25, 0.3) is 0 Å². The van der Waals surface area contributed by atoms with E-state index < -0.39 is 0 Å². The molecule has 19 heavy (non-hydrogen) atoms. The quantitative estimate of drug-likeness (QED) is 0.470. The van der Waals surface area contributed by atoms with Crippen molar-refractivity contribution in [2.75, 3.05) is 0 Å². The third-order valence-corrected chi connectivity index (χ3v) is 2.98. The van der Waals surface area contributed by atoms with Crippen molar-refractivity contribution in [3.63, 3.8) is 0 Å². The van der Waals surface area contributed by atoms with Crippen LogP contribution in [0.1, 0.15) is 16.7 Å². The van der Waals surface area contributed by atoms with Crippen LogP contribution in [0.4, 0.5) is 0 Å². The maximum atomic E-state index is 11.7. The van der Waals surface area contributed by atoms with Crippen LogP contribution >= 0.6 is 0 Å². The van der Waals surface area contributed by atoms with Crippen LogP contribution in [0, 0.1) is 13.8 Å². The summed E-state index contributed by atoms with van der Waals surface area (Å²) in [6.07, 6.45) is 3.19. The van der Waals surface area contributed by atoms with Crippen LogP contribution < -0.4 is 4.74 Å². The number of carbonyl (C=O) groups is 1. The molecule has 0 aliphatic carbocycles. The Morgan fingerprint density at radius 2 is 1.74 bits per heavy atom. The Morgan fingerprint density at radius 1 is 1.00 bits per heavy atom. The third-order valence-electron chi connectivity index (χ3n) is 2.98. The summed E-state index contributed by atoms with van der Waals surface area (Å²) < 4.78 is 5.32. The zero-order chi connectivity index (χ0) is 13.7. The summed E-state index contributed by atoms with van der Waals surface area (Å²) in [7, 11) is 0. The first-order valence-corrected chi connectivity index (χ1v) is 6.18. The smallest absolute Gasteiger partial charge is 0.336 e. The Labute approximate surface area is 113 Å². The lowest BCUT2D eigenvalue weighted by atomic mass is 10.1. The van der Waals surface area contributed by atoms with Crippen LogP contribution in [0.2, 0.25) is 0 Å². The minimum Gasteiger partial charge on any atom is -0.423 e. The minimum atomic E-state index is -0.363. The van der Waals surface area contributed by atoms with Gasteiger partial charge in [-0.05, 0) is 42.7 Å². The maximum absolute atomic E-state index is 11.7. The molecule has 0 bridgehead atoms. The van der Waals surface area contributed by atoms with E-state index in [9.17, 15) is 4.79 Å². The summed E-state index contributed by atoms with van der Waals surface area (Å²) in [6.45, 7) is 3.94. The van der Waals surface area contributed by atoms with E-state index in [4.69, 9.17) is 4.74 Å². The summed E-state index contributed by atoms with van der Waals surface area (Å²) in [4.78, 5) is 11.7. The van der Waals surface area contributed by atoms with Gasteiger partial charge < -0.3 is 4.74 Å². The fraction of sp³-hybridized carbons (Fsp3) is 0.118. The number of esters is 1. The standard InChI is InChI=1S/C17H16O2/c1-13-7-6-10-16(14(13)2)19-17(18)12-11-15-8-4-3-5-9-15/h3-12H,1-2H3. The zero-order valence-electron chi connectivity index (χ0n) is 11.1. The molecular formula is C17H16O2. The molecular weight excluding hydrogens is 236 g/mol. The van der Waals surface area contributed by atoms with Crippen LogP contribution in [0.25, 0.3) is 6.08 Å². The van der Waals surface area contributed by atoms with E-state index in [1.807, 2.05) is 56.3 Å². The fourth-order valence-corrected chi connectivity index (χ4v) is 1.71. The molecule has 0 heterocycles. The topological polar surface area (TPSA) is 26.3 Å². The highest BCUT2D eigenvalue weighted by molar-refractivity contribution is 5.88. The van der Waals surface area contributed by atoms with Crippen LogP contribution in [0.5, 0.6) is 5.75 Å². The molecule has 2 aromatic rings. The molecule has 0 spiro atoms. The fourth-order valence-electron chi connectivity index (χ4n) is 1.71. The Hall–Kier alpha value is -2.35. The second-order valence-corrected chi connectivity index (χ2v) is 4.36. The van der Waals surface area contributed by atoms with Crippen molar-refractivity contribution >= 4 is 12.0 Å². The molecule has 0 aliphatic heterocycles. The van der Waals surface area contributed by atoms with Gasteiger partial charge in [-0.1, -0.05) is 42.5 Å². The molecule has 0 aromatic heterocycles. The average Bonchev–Trinajstić information content (AvgIpc) is 2.43. The first-order chi connectivity index (χ1) is 9.16. The van der Waals surface area contributed by atoms with E-state index >= 15 is 0 Å². The van der Waals surface area contributed by atoms with Gasteiger partial charge in [0.05, 0.1) is 0 Å². The molecule has 0 unspecified atom stereocenters. The van der Waals surface area contributed by atoms with Crippen molar-refractivity contribution in [1.29, 1.82) is 0 Å². The van der Waals surface area contributed by atoms with Gasteiger partial charge in [0.2, 0.25) is 0 Å². The Bertz CT molecular complexity index is 598. The normalized spacial score (nSPS) is 10.6. The number of benzene rings is 2. The average molecular weight is 252 g/mol. The van der Waals surface area contributed by atoms with Crippen molar-refractivity contribution in [3.05, 3.63) is 71.3 Å². The molecule has 2 aromatic carbocycles. The summed E-state index contributed by atoms with van der Waals surface area (Å²) in [5.41, 5.74) is 3.07. The molecule has 0 radical (unpaired) electrons. The van der Waals surface area contributed by atoms with Crippen molar-refractivity contribution in [1.82, 2.24) is 0 Å². The van der Waals surface area contributed by atoms with E-state index in [0.29, 0.717) is 5.75 Å². The molecule has 2 heteroatoms. The summed E-state index contributed by atoms with van der Waals surface area (Å²) in [5, 5.41) is 0. The van der Waals surface area contributed by atoms with Gasteiger partial charge in [0.15, 0.2) is 0 Å². The number of aryl methyl sites for hydroxylation is 1. The maximum Gasteiger partial charge on any atom is 0.336 e. The molecule has 0 fully saturated rings. The van der Waals surface area contributed by atoms with Gasteiger partial charge in [0, 0.05) is 6.08 Å². The molecule has 0 saturated heterocycles. The molecule has 0 atom stereocenters. The molecule has 2 rings (SSSR count). The summed E-state index contributed by atoms with van der Waals surface area (Å²) in [5.74, 6) is 0.250. The van der Waals surface area contributed by atoms with Crippen LogP contribution in [0.15, 0.2) is 54.6 Å². The van der Waals surface area contributed by atoms with Crippen LogP contribution in [-0.4, -0.2) is 5.97 Å². The van der Waals surface area contributed by atoms with E-state index in [-0.39, 0.29) is 5.97 Å². The van der Waals surface area contributed by atoms with Gasteiger partial charge >= 0.3 is 5.97 Å². The van der Waals surface area contributed by atoms with Gasteiger partial charge in [-0.25, -0.2) is 4.79 Å². The second kappa shape index (κ2) is 6.01. The molecule has 0 N–H and O–H groups in total. The van der Waals surface area contributed by atoms with Gasteiger partial charge in [-0.2, -0.15) is 0 Å². The van der Waals surface area contributed by atoms with E-state index in [1.54, 1.807) is 12.1 Å². The molecule has 0 amide bonds.